The van der Waals surface area contributed by atoms with Crippen LogP contribution in [0.3, 0.4) is 0 Å². The number of amides is 1. The van der Waals surface area contributed by atoms with Crippen LogP contribution in [0.4, 0.5) is 11.8 Å². The molecule has 1 saturated heterocycles. The Kier molecular flexibility index (Phi) is 5.62. The molecule has 0 saturated carbocycles. The van der Waals surface area contributed by atoms with Crippen LogP contribution in [-0.2, 0) is 11.3 Å². The summed E-state index contributed by atoms with van der Waals surface area (Å²) in [5.74, 6) is 1.26. The number of carbonyl (C=O) groups excluding carboxylic acids is 1. The molecular weight excluding hydrogens is 330 g/mol. The van der Waals surface area contributed by atoms with Crippen LogP contribution in [-0.4, -0.2) is 70.4 Å². The number of nitrogens with zero attached hydrogens (tertiary/aromatic N) is 6. The summed E-state index contributed by atoms with van der Waals surface area (Å²) in [6.45, 7) is 5.86. The van der Waals surface area contributed by atoms with Crippen LogP contribution in [0.25, 0.3) is 0 Å². The van der Waals surface area contributed by atoms with Crippen LogP contribution in [0.15, 0.2) is 30.6 Å². The van der Waals surface area contributed by atoms with Gasteiger partial charge in [-0.3, -0.25) is 14.7 Å². The average molecular weight is 355 g/mol. The van der Waals surface area contributed by atoms with Gasteiger partial charge in [-0.25, -0.2) is 4.98 Å². The molecule has 1 fully saturated rings. The molecule has 8 nitrogen and oxygen atoms in total. The molecule has 0 aliphatic carbocycles. The van der Waals surface area contributed by atoms with E-state index in [4.69, 9.17) is 5.73 Å². The normalized spacial score (nSPS) is 14.7. The highest BCUT2D eigenvalue weighted by Gasteiger charge is 2.23. The highest BCUT2D eigenvalue weighted by Crippen LogP contribution is 2.16. The molecule has 8 heteroatoms. The Bertz CT molecular complexity index is 724. The van der Waals surface area contributed by atoms with Crippen LogP contribution in [0.2, 0.25) is 0 Å². The average Bonchev–Trinajstić information content (AvgIpc) is 2.61. The van der Waals surface area contributed by atoms with E-state index in [2.05, 4.69) is 19.9 Å². The van der Waals surface area contributed by atoms with Gasteiger partial charge in [0.25, 0.3) is 0 Å². The fraction of sp³-hybridized carbons (Fsp3) is 0.444. The van der Waals surface area contributed by atoms with E-state index in [1.807, 2.05) is 48.2 Å². The monoisotopic (exact) mass is 355 g/mol. The molecule has 2 aromatic rings. The van der Waals surface area contributed by atoms with E-state index in [1.54, 1.807) is 6.20 Å². The minimum atomic E-state index is 0.148. The van der Waals surface area contributed by atoms with Crippen molar-refractivity contribution in [1.29, 1.82) is 0 Å². The lowest BCUT2D eigenvalue weighted by Crippen LogP contribution is -2.51. The molecule has 0 radical (unpaired) electrons. The van der Waals surface area contributed by atoms with E-state index in [-0.39, 0.29) is 11.9 Å². The molecule has 138 valence electrons. The Hall–Kier alpha value is -2.74. The van der Waals surface area contributed by atoms with Crippen molar-refractivity contribution in [1.82, 2.24) is 24.8 Å². The first-order chi connectivity index (χ1) is 12.5. The van der Waals surface area contributed by atoms with Gasteiger partial charge in [0.15, 0.2) is 0 Å². The zero-order valence-electron chi connectivity index (χ0n) is 15.3. The van der Waals surface area contributed by atoms with Crippen molar-refractivity contribution in [2.24, 2.45) is 0 Å². The topological polar surface area (TPSA) is 91.5 Å². The number of likely N-dealkylation sites (N-methyl/N-ethyl adjacent to an activating group) is 1. The van der Waals surface area contributed by atoms with Crippen LogP contribution in [0.1, 0.15) is 11.3 Å². The maximum Gasteiger partial charge on any atom is 0.236 e. The standard InChI is InChI=1S/C18H25N7O/c1-14-10-16(22-18(19)21-14)24-6-8-25(9-7-24)17(26)13-23(2)12-15-4-3-5-20-11-15/h3-5,10-11H,6-9,12-13H2,1-2H3,(H2,19,21,22). The summed E-state index contributed by atoms with van der Waals surface area (Å²) in [6, 6.07) is 5.85. The van der Waals surface area contributed by atoms with E-state index >= 15 is 0 Å². The lowest BCUT2D eigenvalue weighted by atomic mass is 10.2. The summed E-state index contributed by atoms with van der Waals surface area (Å²) in [5, 5.41) is 0. The second kappa shape index (κ2) is 8.09. The minimum Gasteiger partial charge on any atom is -0.368 e. The first-order valence-electron chi connectivity index (χ1n) is 8.72. The number of hydrogen-bond donors (Lipinski definition) is 1. The molecule has 0 bridgehead atoms. The molecular formula is C18H25N7O. The first-order valence-corrected chi connectivity index (χ1v) is 8.72. The van der Waals surface area contributed by atoms with Crippen molar-refractivity contribution >= 4 is 17.7 Å². The van der Waals surface area contributed by atoms with Gasteiger partial charge in [-0.1, -0.05) is 6.07 Å². The summed E-state index contributed by atoms with van der Waals surface area (Å²) in [7, 11) is 1.95. The molecule has 26 heavy (non-hydrogen) atoms. The number of nitrogen functional groups attached to an aromatic ring is 1. The highest BCUT2D eigenvalue weighted by atomic mass is 16.2. The summed E-state index contributed by atoms with van der Waals surface area (Å²) in [6.07, 6.45) is 3.58. The van der Waals surface area contributed by atoms with Crippen molar-refractivity contribution < 1.29 is 4.79 Å². The van der Waals surface area contributed by atoms with E-state index < -0.39 is 0 Å². The van der Waals surface area contributed by atoms with Crippen molar-refractivity contribution in [3.05, 3.63) is 41.9 Å². The maximum atomic E-state index is 12.6. The van der Waals surface area contributed by atoms with Gasteiger partial charge in [-0.15, -0.1) is 0 Å². The van der Waals surface area contributed by atoms with Gasteiger partial charge in [0, 0.05) is 56.9 Å². The molecule has 0 atom stereocenters. The summed E-state index contributed by atoms with van der Waals surface area (Å²) in [5.41, 5.74) is 7.69. The molecule has 0 spiro atoms. The second-order valence-corrected chi connectivity index (χ2v) is 6.63. The molecule has 1 aliphatic rings. The van der Waals surface area contributed by atoms with Gasteiger partial charge in [-0.2, -0.15) is 4.98 Å². The van der Waals surface area contributed by atoms with E-state index in [0.717, 1.165) is 30.2 Å². The fourth-order valence-corrected chi connectivity index (χ4v) is 3.11. The summed E-state index contributed by atoms with van der Waals surface area (Å²) >= 11 is 0. The van der Waals surface area contributed by atoms with Gasteiger partial charge in [0.2, 0.25) is 11.9 Å². The predicted molar refractivity (Wildman–Crippen MR) is 101 cm³/mol. The first kappa shape index (κ1) is 18.1. The highest BCUT2D eigenvalue weighted by molar-refractivity contribution is 5.78. The van der Waals surface area contributed by atoms with Crippen LogP contribution >= 0.6 is 0 Å². The van der Waals surface area contributed by atoms with Gasteiger partial charge in [0.1, 0.15) is 5.82 Å². The molecule has 0 unspecified atom stereocenters. The maximum absolute atomic E-state index is 12.6. The third-order valence-corrected chi connectivity index (χ3v) is 4.39. The number of hydrogen-bond acceptors (Lipinski definition) is 7. The van der Waals surface area contributed by atoms with Crippen LogP contribution < -0.4 is 10.6 Å². The zero-order chi connectivity index (χ0) is 18.5. The van der Waals surface area contributed by atoms with Crippen LogP contribution in [0, 0.1) is 6.92 Å². The van der Waals surface area contributed by atoms with E-state index in [1.165, 1.54) is 0 Å². The number of nitrogens with two attached hydrogens (primary N) is 1. The second-order valence-electron chi connectivity index (χ2n) is 6.63. The largest absolute Gasteiger partial charge is 0.368 e. The number of pyridine rings is 1. The zero-order valence-corrected chi connectivity index (χ0v) is 15.3. The molecule has 1 amide bonds. The van der Waals surface area contributed by atoms with Crippen molar-refractivity contribution in [3.8, 4) is 0 Å². The number of anilines is 2. The Morgan fingerprint density at radius 3 is 2.69 bits per heavy atom. The molecule has 3 rings (SSSR count). The number of aryl methyl sites for hydroxylation is 1. The van der Waals surface area contributed by atoms with Crippen molar-refractivity contribution in [3.63, 3.8) is 0 Å². The third kappa shape index (κ3) is 4.66. The lowest BCUT2D eigenvalue weighted by Gasteiger charge is -2.36. The minimum absolute atomic E-state index is 0.148. The Morgan fingerprint density at radius 2 is 2.04 bits per heavy atom. The quantitative estimate of drug-likeness (QED) is 0.837. The van der Waals surface area contributed by atoms with Gasteiger partial charge >= 0.3 is 0 Å². The number of aromatic nitrogens is 3. The van der Waals surface area contributed by atoms with Crippen molar-refractivity contribution in [2.75, 3.05) is 50.4 Å². The number of rotatable bonds is 5. The molecule has 1 aliphatic heterocycles. The van der Waals surface area contributed by atoms with E-state index in [0.29, 0.717) is 26.2 Å². The summed E-state index contributed by atoms with van der Waals surface area (Å²) in [4.78, 5) is 31.1. The molecule has 0 aromatic carbocycles. The van der Waals surface area contributed by atoms with Gasteiger partial charge in [0.05, 0.1) is 6.54 Å². The van der Waals surface area contributed by atoms with Crippen LogP contribution in [0.5, 0.6) is 0 Å². The van der Waals surface area contributed by atoms with Gasteiger partial charge < -0.3 is 15.5 Å². The number of carbonyl (C=O) groups is 1. The fourth-order valence-electron chi connectivity index (χ4n) is 3.11. The third-order valence-electron chi connectivity index (χ3n) is 4.39. The SMILES string of the molecule is Cc1cc(N2CCN(C(=O)CN(C)Cc3cccnc3)CC2)nc(N)n1. The van der Waals surface area contributed by atoms with Crippen molar-refractivity contribution in [2.45, 2.75) is 13.5 Å². The summed E-state index contributed by atoms with van der Waals surface area (Å²) < 4.78 is 0. The molecule has 2 aromatic heterocycles. The predicted octanol–water partition coefficient (Wildman–Crippen LogP) is 0.543. The van der Waals surface area contributed by atoms with E-state index in [9.17, 15) is 4.79 Å². The number of piperazine rings is 1. The smallest absolute Gasteiger partial charge is 0.236 e. The Balaban J connectivity index is 1.50. The Morgan fingerprint density at radius 1 is 1.27 bits per heavy atom. The molecule has 3 heterocycles. The van der Waals surface area contributed by atoms with Gasteiger partial charge in [-0.05, 0) is 25.6 Å². The molecule has 2 N–H and O–H groups in total. The Labute approximate surface area is 153 Å². The lowest BCUT2D eigenvalue weighted by molar-refractivity contribution is -0.132.